The molecule has 0 fully saturated rings. The van der Waals surface area contributed by atoms with Gasteiger partial charge in [-0.25, -0.2) is 0 Å². The van der Waals surface area contributed by atoms with E-state index in [4.69, 9.17) is 4.74 Å². The first-order valence-corrected chi connectivity index (χ1v) is 10.2. The number of hydrogen-bond acceptors (Lipinski definition) is 3. The van der Waals surface area contributed by atoms with E-state index in [2.05, 4.69) is 5.32 Å². The highest BCUT2D eigenvalue weighted by Crippen LogP contribution is 2.27. The van der Waals surface area contributed by atoms with E-state index >= 15 is 0 Å². The molecule has 2 heterocycles. The lowest BCUT2D eigenvalue weighted by Crippen LogP contribution is -2.33. The molecule has 0 spiro atoms. The van der Waals surface area contributed by atoms with Gasteiger partial charge in [0.15, 0.2) is 0 Å². The zero-order chi connectivity index (χ0) is 21.1. The monoisotopic (exact) mass is 403 g/mol. The number of nitrogens with one attached hydrogen (secondary N) is 1. The molecule has 1 aromatic heterocycles. The number of fused-ring (bicyclic) bond motifs is 2. The first-order valence-electron chi connectivity index (χ1n) is 10.2. The second-order valence-corrected chi connectivity index (χ2v) is 7.23. The third kappa shape index (κ3) is 3.94. The Morgan fingerprint density at radius 1 is 1.10 bits per heavy atom. The van der Waals surface area contributed by atoms with Gasteiger partial charge >= 0.3 is 0 Å². The van der Waals surface area contributed by atoms with Gasteiger partial charge in [-0.1, -0.05) is 18.2 Å². The molecule has 0 bridgehead atoms. The van der Waals surface area contributed by atoms with Crippen LogP contribution in [0.15, 0.2) is 60.3 Å². The summed E-state index contributed by atoms with van der Waals surface area (Å²) >= 11 is 0. The second kappa shape index (κ2) is 8.45. The third-order valence-electron chi connectivity index (χ3n) is 5.37. The van der Waals surface area contributed by atoms with Crippen LogP contribution in [0.2, 0.25) is 0 Å². The van der Waals surface area contributed by atoms with Crippen molar-refractivity contribution in [1.29, 1.82) is 0 Å². The van der Waals surface area contributed by atoms with Crippen molar-refractivity contribution >= 4 is 34.5 Å². The standard InChI is InChI=1S/C24H25N3O3/c1-3-26(4-2)23(28)15-27-12-11-17-14-20(9-10-21(17)27)25-24(29)19-13-18-7-5-6-8-22(18)30-16-19/h5-14H,3-4,15-16H2,1-2H3,(H,25,29). The number of nitrogens with zero attached hydrogens (tertiary/aromatic N) is 2. The lowest BCUT2D eigenvalue weighted by Gasteiger charge is -2.19. The van der Waals surface area contributed by atoms with E-state index in [9.17, 15) is 9.59 Å². The number of amides is 2. The molecule has 1 aliphatic rings. The highest BCUT2D eigenvalue weighted by atomic mass is 16.5. The number of hydrogen-bond donors (Lipinski definition) is 1. The van der Waals surface area contributed by atoms with Gasteiger partial charge in [0.05, 0.1) is 5.57 Å². The minimum absolute atomic E-state index is 0.0967. The second-order valence-electron chi connectivity index (χ2n) is 7.23. The molecule has 1 aliphatic heterocycles. The quantitative estimate of drug-likeness (QED) is 0.678. The molecular formula is C24H25N3O3. The van der Waals surface area contributed by atoms with E-state index in [1.54, 1.807) is 0 Å². The van der Waals surface area contributed by atoms with Crippen molar-refractivity contribution in [3.05, 3.63) is 65.9 Å². The maximum Gasteiger partial charge on any atom is 0.255 e. The number of carbonyl (C=O) groups is 2. The molecule has 2 aromatic carbocycles. The first-order chi connectivity index (χ1) is 14.6. The number of anilines is 1. The molecule has 6 nitrogen and oxygen atoms in total. The maximum absolute atomic E-state index is 12.7. The Morgan fingerprint density at radius 2 is 1.90 bits per heavy atom. The number of rotatable bonds is 6. The molecule has 4 rings (SSSR count). The van der Waals surface area contributed by atoms with Crippen molar-refractivity contribution in [2.24, 2.45) is 0 Å². The summed E-state index contributed by atoms with van der Waals surface area (Å²) in [5.41, 5.74) is 3.15. The van der Waals surface area contributed by atoms with Crippen LogP contribution in [-0.4, -0.2) is 41.0 Å². The molecule has 0 aliphatic carbocycles. The van der Waals surface area contributed by atoms with Gasteiger partial charge in [0.25, 0.3) is 5.91 Å². The molecule has 0 saturated heterocycles. The molecular weight excluding hydrogens is 378 g/mol. The Morgan fingerprint density at radius 3 is 2.70 bits per heavy atom. The largest absolute Gasteiger partial charge is 0.488 e. The summed E-state index contributed by atoms with van der Waals surface area (Å²) < 4.78 is 7.62. The molecule has 0 radical (unpaired) electrons. The summed E-state index contributed by atoms with van der Waals surface area (Å²) in [7, 11) is 0. The van der Waals surface area contributed by atoms with E-state index < -0.39 is 0 Å². The fraction of sp³-hybridized carbons (Fsp3) is 0.250. The Bertz CT molecular complexity index is 1130. The summed E-state index contributed by atoms with van der Waals surface area (Å²) in [5.74, 6) is 0.704. The molecule has 154 valence electrons. The third-order valence-corrected chi connectivity index (χ3v) is 5.37. The van der Waals surface area contributed by atoms with Crippen LogP contribution in [-0.2, 0) is 16.1 Å². The van der Waals surface area contributed by atoms with Gasteiger partial charge in [0.2, 0.25) is 5.91 Å². The fourth-order valence-electron chi connectivity index (χ4n) is 3.70. The van der Waals surface area contributed by atoms with Crippen LogP contribution in [0.5, 0.6) is 5.75 Å². The summed E-state index contributed by atoms with van der Waals surface area (Å²) in [6, 6.07) is 15.3. The van der Waals surface area contributed by atoms with Crippen molar-refractivity contribution in [3.63, 3.8) is 0 Å². The minimum atomic E-state index is -0.181. The van der Waals surface area contributed by atoms with Crippen LogP contribution < -0.4 is 10.1 Å². The Labute approximate surface area is 175 Å². The lowest BCUT2D eigenvalue weighted by atomic mass is 10.1. The summed E-state index contributed by atoms with van der Waals surface area (Å²) in [6.45, 7) is 5.92. The molecule has 0 atom stereocenters. The van der Waals surface area contributed by atoms with Crippen LogP contribution in [0.4, 0.5) is 5.69 Å². The first kappa shape index (κ1) is 19.8. The van der Waals surface area contributed by atoms with Crippen molar-refractivity contribution in [3.8, 4) is 5.75 Å². The van der Waals surface area contributed by atoms with Gasteiger partial charge in [0, 0.05) is 41.4 Å². The van der Waals surface area contributed by atoms with Crippen molar-refractivity contribution < 1.29 is 14.3 Å². The Hall–Kier alpha value is -3.54. The van der Waals surface area contributed by atoms with Crippen molar-refractivity contribution in [2.75, 3.05) is 25.0 Å². The van der Waals surface area contributed by atoms with E-state index in [1.165, 1.54) is 0 Å². The normalized spacial score (nSPS) is 12.7. The minimum Gasteiger partial charge on any atom is -0.488 e. The van der Waals surface area contributed by atoms with Crippen LogP contribution >= 0.6 is 0 Å². The van der Waals surface area contributed by atoms with Gasteiger partial charge in [-0.15, -0.1) is 0 Å². The van der Waals surface area contributed by atoms with Gasteiger partial charge in [-0.2, -0.15) is 0 Å². The molecule has 3 aromatic rings. The smallest absolute Gasteiger partial charge is 0.255 e. The summed E-state index contributed by atoms with van der Waals surface area (Å²) in [5, 5.41) is 3.92. The Kier molecular flexibility index (Phi) is 5.57. The summed E-state index contributed by atoms with van der Waals surface area (Å²) in [6.07, 6.45) is 3.77. The highest BCUT2D eigenvalue weighted by Gasteiger charge is 2.17. The highest BCUT2D eigenvalue weighted by molar-refractivity contribution is 6.08. The zero-order valence-electron chi connectivity index (χ0n) is 17.2. The number of benzene rings is 2. The predicted molar refractivity (Wildman–Crippen MR) is 118 cm³/mol. The molecule has 0 saturated carbocycles. The Balaban J connectivity index is 1.49. The van der Waals surface area contributed by atoms with Crippen LogP contribution in [0.1, 0.15) is 19.4 Å². The zero-order valence-corrected chi connectivity index (χ0v) is 17.2. The number of ether oxygens (including phenoxy) is 1. The SMILES string of the molecule is CCN(CC)C(=O)Cn1ccc2cc(NC(=O)C3=Cc4ccccc4OC3)ccc21. The van der Waals surface area contributed by atoms with E-state index in [-0.39, 0.29) is 18.4 Å². The van der Waals surface area contributed by atoms with Crippen LogP contribution in [0.25, 0.3) is 17.0 Å². The van der Waals surface area contributed by atoms with Crippen LogP contribution in [0, 0.1) is 0 Å². The van der Waals surface area contributed by atoms with Gasteiger partial charge in [-0.05, 0) is 50.3 Å². The van der Waals surface area contributed by atoms with Crippen LogP contribution in [0.3, 0.4) is 0 Å². The number of likely N-dealkylation sites (N-methyl/N-ethyl adjacent to an activating group) is 1. The maximum atomic E-state index is 12.7. The molecule has 1 N–H and O–H groups in total. The number of para-hydroxylation sites is 1. The molecule has 6 heteroatoms. The van der Waals surface area contributed by atoms with E-state index in [1.807, 2.05) is 84.1 Å². The van der Waals surface area contributed by atoms with Gasteiger partial charge < -0.3 is 19.5 Å². The fourth-order valence-corrected chi connectivity index (χ4v) is 3.70. The van der Waals surface area contributed by atoms with E-state index in [0.717, 1.165) is 22.2 Å². The average Bonchev–Trinajstić information content (AvgIpc) is 3.16. The lowest BCUT2D eigenvalue weighted by molar-refractivity contribution is -0.131. The van der Waals surface area contributed by atoms with Gasteiger partial charge in [-0.3, -0.25) is 9.59 Å². The molecule has 2 amide bonds. The number of aromatic nitrogens is 1. The van der Waals surface area contributed by atoms with Gasteiger partial charge in [0.1, 0.15) is 18.9 Å². The van der Waals surface area contributed by atoms with E-state index in [0.29, 0.717) is 30.9 Å². The predicted octanol–water partition coefficient (Wildman–Crippen LogP) is 3.92. The average molecular weight is 403 g/mol. The van der Waals surface area contributed by atoms with Crippen molar-refractivity contribution in [2.45, 2.75) is 20.4 Å². The topological polar surface area (TPSA) is 63.6 Å². The number of carbonyl (C=O) groups excluding carboxylic acids is 2. The van der Waals surface area contributed by atoms with Crippen molar-refractivity contribution in [1.82, 2.24) is 9.47 Å². The summed E-state index contributed by atoms with van der Waals surface area (Å²) in [4.78, 5) is 26.9. The molecule has 30 heavy (non-hydrogen) atoms. The molecule has 0 unspecified atom stereocenters.